The summed E-state index contributed by atoms with van der Waals surface area (Å²) in [4.78, 5) is 11.8. The van der Waals surface area contributed by atoms with Crippen LogP contribution in [0, 0.1) is 11.3 Å². The molecule has 0 saturated heterocycles. The van der Waals surface area contributed by atoms with Crippen molar-refractivity contribution in [3.63, 3.8) is 0 Å². The molecule has 0 saturated carbocycles. The summed E-state index contributed by atoms with van der Waals surface area (Å²) >= 11 is 0. The van der Waals surface area contributed by atoms with Crippen LogP contribution in [0.4, 0.5) is 0 Å². The fourth-order valence-corrected chi connectivity index (χ4v) is 1.48. The van der Waals surface area contributed by atoms with E-state index in [1.54, 1.807) is 12.1 Å². The third kappa shape index (κ3) is 5.55. The van der Waals surface area contributed by atoms with Gasteiger partial charge in [0.1, 0.15) is 17.4 Å². The van der Waals surface area contributed by atoms with Crippen molar-refractivity contribution < 1.29 is 14.6 Å². The van der Waals surface area contributed by atoms with Crippen LogP contribution in [0.2, 0.25) is 0 Å². The normalized spacial score (nSPS) is 11.2. The summed E-state index contributed by atoms with van der Waals surface area (Å²) in [6.45, 7) is 4.55. The lowest BCUT2D eigenvalue weighted by Crippen LogP contribution is -2.28. The Hall–Kier alpha value is -2.32. The maximum atomic E-state index is 11.8. The zero-order chi connectivity index (χ0) is 15.0. The Morgan fingerprint density at radius 3 is 2.90 bits per heavy atom. The Balaban J connectivity index is 2.62. The van der Waals surface area contributed by atoms with Crippen molar-refractivity contribution >= 4 is 12.0 Å². The van der Waals surface area contributed by atoms with Gasteiger partial charge in [-0.1, -0.05) is 12.1 Å². The largest absolute Gasteiger partial charge is 0.508 e. The van der Waals surface area contributed by atoms with E-state index in [4.69, 9.17) is 10.00 Å². The molecule has 0 bridgehead atoms. The SMILES string of the molecule is CC(C)OCCNC(=O)/C(C#N)=C/c1cccc(O)c1. The van der Waals surface area contributed by atoms with E-state index in [2.05, 4.69) is 5.32 Å². The standard InChI is InChI=1S/C15H18N2O3/c1-11(2)20-7-6-17-15(19)13(10-16)8-12-4-3-5-14(18)9-12/h3-5,8-9,11,18H,6-7H2,1-2H3,(H,17,19)/b13-8+. The fourth-order valence-electron chi connectivity index (χ4n) is 1.48. The van der Waals surface area contributed by atoms with Gasteiger partial charge in [0.25, 0.3) is 5.91 Å². The van der Waals surface area contributed by atoms with Gasteiger partial charge in [0.05, 0.1) is 12.7 Å². The molecule has 1 aromatic rings. The first-order valence-electron chi connectivity index (χ1n) is 6.33. The van der Waals surface area contributed by atoms with E-state index in [0.717, 1.165) is 0 Å². The molecule has 1 amide bonds. The van der Waals surface area contributed by atoms with Crippen LogP contribution in [0.5, 0.6) is 5.75 Å². The smallest absolute Gasteiger partial charge is 0.262 e. The Bertz CT molecular complexity index is 530. The van der Waals surface area contributed by atoms with Gasteiger partial charge in [-0.3, -0.25) is 4.79 Å². The van der Waals surface area contributed by atoms with Crippen LogP contribution < -0.4 is 5.32 Å². The number of carbonyl (C=O) groups excluding carboxylic acids is 1. The van der Waals surface area contributed by atoms with Gasteiger partial charge in [-0.2, -0.15) is 5.26 Å². The first-order chi connectivity index (χ1) is 9.52. The molecule has 1 aromatic carbocycles. The van der Waals surface area contributed by atoms with Crippen molar-refractivity contribution in [2.24, 2.45) is 0 Å². The Morgan fingerprint density at radius 1 is 1.55 bits per heavy atom. The summed E-state index contributed by atoms with van der Waals surface area (Å²) in [6, 6.07) is 8.19. The first-order valence-corrected chi connectivity index (χ1v) is 6.33. The minimum absolute atomic E-state index is 0.0138. The van der Waals surface area contributed by atoms with E-state index >= 15 is 0 Å². The molecule has 0 spiro atoms. The molecule has 5 heteroatoms. The Labute approximate surface area is 118 Å². The lowest BCUT2D eigenvalue weighted by molar-refractivity contribution is -0.117. The minimum atomic E-state index is -0.455. The zero-order valence-electron chi connectivity index (χ0n) is 11.6. The summed E-state index contributed by atoms with van der Waals surface area (Å²) in [5.74, 6) is -0.370. The number of hydrogen-bond donors (Lipinski definition) is 2. The molecule has 2 N–H and O–H groups in total. The molecular weight excluding hydrogens is 256 g/mol. The number of carbonyl (C=O) groups is 1. The lowest BCUT2D eigenvalue weighted by Gasteiger charge is -2.08. The average Bonchev–Trinajstić information content (AvgIpc) is 2.40. The van der Waals surface area contributed by atoms with Gasteiger partial charge in [-0.05, 0) is 37.6 Å². The van der Waals surface area contributed by atoms with Gasteiger partial charge >= 0.3 is 0 Å². The summed E-state index contributed by atoms with van der Waals surface area (Å²) in [5, 5.41) is 20.9. The first kappa shape index (κ1) is 15.7. The van der Waals surface area contributed by atoms with Crippen molar-refractivity contribution in [1.82, 2.24) is 5.32 Å². The van der Waals surface area contributed by atoms with Crippen molar-refractivity contribution in [2.45, 2.75) is 20.0 Å². The molecule has 5 nitrogen and oxygen atoms in total. The second-order valence-corrected chi connectivity index (χ2v) is 4.44. The van der Waals surface area contributed by atoms with Crippen molar-refractivity contribution in [1.29, 1.82) is 5.26 Å². The van der Waals surface area contributed by atoms with Crippen LogP contribution >= 0.6 is 0 Å². The number of hydrogen-bond acceptors (Lipinski definition) is 4. The van der Waals surface area contributed by atoms with E-state index in [0.29, 0.717) is 18.7 Å². The molecule has 0 radical (unpaired) electrons. The van der Waals surface area contributed by atoms with Gasteiger partial charge < -0.3 is 15.2 Å². The van der Waals surface area contributed by atoms with Crippen LogP contribution in [-0.2, 0) is 9.53 Å². The maximum absolute atomic E-state index is 11.8. The molecule has 0 heterocycles. The second kappa shape index (κ2) is 7.97. The van der Waals surface area contributed by atoms with Crippen LogP contribution in [0.15, 0.2) is 29.8 Å². The monoisotopic (exact) mass is 274 g/mol. The number of aromatic hydroxyl groups is 1. The van der Waals surface area contributed by atoms with E-state index in [1.165, 1.54) is 18.2 Å². The van der Waals surface area contributed by atoms with Gasteiger partial charge in [0.2, 0.25) is 0 Å². The number of phenols is 1. The van der Waals surface area contributed by atoms with Gasteiger partial charge in [0, 0.05) is 6.54 Å². The number of nitrogens with zero attached hydrogens (tertiary/aromatic N) is 1. The van der Waals surface area contributed by atoms with Crippen LogP contribution in [0.1, 0.15) is 19.4 Å². The van der Waals surface area contributed by atoms with Gasteiger partial charge in [-0.25, -0.2) is 0 Å². The number of benzene rings is 1. The number of nitriles is 1. The number of amides is 1. The van der Waals surface area contributed by atoms with Crippen LogP contribution in [0.3, 0.4) is 0 Å². The average molecular weight is 274 g/mol. The summed E-state index contributed by atoms with van der Waals surface area (Å²) in [5.41, 5.74) is 0.579. The summed E-state index contributed by atoms with van der Waals surface area (Å²) in [6.07, 6.45) is 1.53. The maximum Gasteiger partial charge on any atom is 0.262 e. The number of rotatable bonds is 6. The molecule has 20 heavy (non-hydrogen) atoms. The van der Waals surface area contributed by atoms with Gasteiger partial charge in [0.15, 0.2) is 0 Å². The number of ether oxygens (including phenoxy) is 1. The second-order valence-electron chi connectivity index (χ2n) is 4.44. The van der Waals surface area contributed by atoms with E-state index in [9.17, 15) is 9.90 Å². The molecule has 0 atom stereocenters. The molecule has 0 aliphatic heterocycles. The predicted molar refractivity (Wildman–Crippen MR) is 75.8 cm³/mol. The Morgan fingerprint density at radius 2 is 2.30 bits per heavy atom. The number of nitrogens with one attached hydrogen (secondary N) is 1. The minimum Gasteiger partial charge on any atom is -0.508 e. The molecule has 0 aromatic heterocycles. The molecule has 0 aliphatic rings. The molecular formula is C15H18N2O3. The van der Waals surface area contributed by atoms with Crippen molar-refractivity contribution in [2.75, 3.05) is 13.2 Å². The van der Waals surface area contributed by atoms with E-state index in [-0.39, 0.29) is 17.4 Å². The highest BCUT2D eigenvalue weighted by Gasteiger charge is 2.08. The third-order valence-electron chi connectivity index (χ3n) is 2.39. The summed E-state index contributed by atoms with van der Waals surface area (Å²) in [7, 11) is 0. The van der Waals surface area contributed by atoms with Gasteiger partial charge in [-0.15, -0.1) is 0 Å². The molecule has 0 fully saturated rings. The van der Waals surface area contributed by atoms with Crippen molar-refractivity contribution in [3.8, 4) is 11.8 Å². The predicted octanol–water partition coefficient (Wildman–Crippen LogP) is 1.84. The highest BCUT2D eigenvalue weighted by atomic mass is 16.5. The van der Waals surface area contributed by atoms with Crippen molar-refractivity contribution in [3.05, 3.63) is 35.4 Å². The Kier molecular flexibility index (Phi) is 6.27. The van der Waals surface area contributed by atoms with E-state index < -0.39 is 5.91 Å². The number of phenolic OH excluding ortho intramolecular Hbond substituents is 1. The molecule has 0 unspecified atom stereocenters. The molecule has 106 valence electrons. The quantitative estimate of drug-likeness (QED) is 0.471. The summed E-state index contributed by atoms with van der Waals surface area (Å²) < 4.78 is 5.29. The molecule has 0 aliphatic carbocycles. The topological polar surface area (TPSA) is 82.3 Å². The van der Waals surface area contributed by atoms with E-state index in [1.807, 2.05) is 19.9 Å². The highest BCUT2D eigenvalue weighted by Crippen LogP contribution is 2.13. The molecule has 1 rings (SSSR count). The highest BCUT2D eigenvalue weighted by molar-refractivity contribution is 6.01. The van der Waals surface area contributed by atoms with Crippen LogP contribution in [0.25, 0.3) is 6.08 Å². The lowest BCUT2D eigenvalue weighted by atomic mass is 10.1. The zero-order valence-corrected chi connectivity index (χ0v) is 11.6. The fraction of sp³-hybridized carbons (Fsp3) is 0.333. The third-order valence-corrected chi connectivity index (χ3v) is 2.39. The van der Waals surface area contributed by atoms with Crippen LogP contribution in [-0.4, -0.2) is 30.3 Å².